The molecule has 0 aliphatic carbocycles. The summed E-state index contributed by atoms with van der Waals surface area (Å²) in [7, 11) is 1.60. The first-order valence-corrected chi connectivity index (χ1v) is 9.68. The molecule has 3 heterocycles. The standard InChI is InChI=1S/C21H26N4O3/c1-21(2)14-25(16-6-4-5-7-17(16)28-21)19(26)15-9-12-24(13-10-15)20-22-11-8-18(23-20)27-3/h4-8,11,15H,9-10,12-14H2,1-3H3. The largest absolute Gasteiger partial charge is 0.484 e. The molecule has 0 spiro atoms. The molecule has 0 atom stereocenters. The molecule has 1 fully saturated rings. The van der Waals surface area contributed by atoms with Gasteiger partial charge in [0.2, 0.25) is 17.7 Å². The Morgan fingerprint density at radius 3 is 2.71 bits per heavy atom. The van der Waals surface area contributed by atoms with Gasteiger partial charge in [-0.15, -0.1) is 0 Å². The molecule has 2 aliphatic rings. The number of hydrogen-bond donors (Lipinski definition) is 0. The topological polar surface area (TPSA) is 67.8 Å². The fourth-order valence-electron chi connectivity index (χ4n) is 3.90. The number of fused-ring (bicyclic) bond motifs is 1. The number of anilines is 2. The molecular weight excluding hydrogens is 356 g/mol. The predicted molar refractivity (Wildman–Crippen MR) is 107 cm³/mol. The van der Waals surface area contributed by atoms with E-state index in [2.05, 4.69) is 14.9 Å². The first-order chi connectivity index (χ1) is 13.5. The molecule has 7 nitrogen and oxygen atoms in total. The van der Waals surface area contributed by atoms with Gasteiger partial charge in [-0.25, -0.2) is 4.98 Å². The van der Waals surface area contributed by atoms with E-state index in [4.69, 9.17) is 9.47 Å². The van der Waals surface area contributed by atoms with Crippen molar-refractivity contribution in [3.63, 3.8) is 0 Å². The number of aromatic nitrogens is 2. The van der Waals surface area contributed by atoms with E-state index in [-0.39, 0.29) is 11.8 Å². The minimum Gasteiger partial charge on any atom is -0.484 e. The number of carbonyl (C=O) groups excluding carboxylic acids is 1. The van der Waals surface area contributed by atoms with E-state index in [0.717, 1.165) is 37.4 Å². The minimum absolute atomic E-state index is 0.0104. The molecule has 1 aromatic carbocycles. The maximum Gasteiger partial charge on any atom is 0.230 e. The molecule has 2 aliphatic heterocycles. The normalized spacial score (nSPS) is 19.0. The molecule has 4 rings (SSSR count). The highest BCUT2D eigenvalue weighted by Crippen LogP contribution is 2.38. The van der Waals surface area contributed by atoms with Gasteiger partial charge in [-0.2, -0.15) is 4.98 Å². The lowest BCUT2D eigenvalue weighted by molar-refractivity contribution is -0.123. The summed E-state index contributed by atoms with van der Waals surface area (Å²) in [6, 6.07) is 9.51. The lowest BCUT2D eigenvalue weighted by Gasteiger charge is -2.42. The number of hydrogen-bond acceptors (Lipinski definition) is 6. The molecular formula is C21H26N4O3. The monoisotopic (exact) mass is 382 g/mol. The zero-order valence-corrected chi connectivity index (χ0v) is 16.6. The Balaban J connectivity index is 1.47. The number of rotatable bonds is 3. The fraction of sp³-hybridized carbons (Fsp3) is 0.476. The highest BCUT2D eigenvalue weighted by atomic mass is 16.5. The highest BCUT2D eigenvalue weighted by Gasteiger charge is 2.38. The van der Waals surface area contributed by atoms with Crippen LogP contribution in [0.15, 0.2) is 36.5 Å². The zero-order valence-electron chi connectivity index (χ0n) is 16.6. The summed E-state index contributed by atoms with van der Waals surface area (Å²) in [5.41, 5.74) is 0.462. The van der Waals surface area contributed by atoms with Gasteiger partial charge in [0.15, 0.2) is 0 Å². The molecule has 0 bridgehead atoms. The summed E-state index contributed by atoms with van der Waals surface area (Å²) in [5.74, 6) is 2.15. The smallest absolute Gasteiger partial charge is 0.230 e. The van der Waals surface area contributed by atoms with Crippen LogP contribution < -0.4 is 19.3 Å². The quantitative estimate of drug-likeness (QED) is 0.813. The lowest BCUT2D eigenvalue weighted by atomic mass is 9.93. The number of nitrogens with zero attached hydrogens (tertiary/aromatic N) is 4. The van der Waals surface area contributed by atoms with E-state index >= 15 is 0 Å². The average molecular weight is 382 g/mol. The third-order valence-electron chi connectivity index (χ3n) is 5.30. The third kappa shape index (κ3) is 3.61. The van der Waals surface area contributed by atoms with Crippen molar-refractivity contribution < 1.29 is 14.3 Å². The van der Waals surface area contributed by atoms with Gasteiger partial charge in [-0.05, 0) is 38.8 Å². The van der Waals surface area contributed by atoms with Crippen molar-refractivity contribution >= 4 is 17.5 Å². The first-order valence-electron chi connectivity index (χ1n) is 9.68. The van der Waals surface area contributed by atoms with Crippen LogP contribution in [-0.2, 0) is 4.79 Å². The number of ether oxygens (including phenoxy) is 2. The maximum absolute atomic E-state index is 13.3. The second kappa shape index (κ2) is 7.30. The average Bonchev–Trinajstić information content (AvgIpc) is 2.72. The summed E-state index contributed by atoms with van der Waals surface area (Å²) < 4.78 is 11.2. The van der Waals surface area contributed by atoms with Crippen molar-refractivity contribution in [1.29, 1.82) is 0 Å². The van der Waals surface area contributed by atoms with E-state index in [1.807, 2.05) is 43.0 Å². The molecule has 7 heteroatoms. The van der Waals surface area contributed by atoms with Crippen LogP contribution in [0.4, 0.5) is 11.6 Å². The predicted octanol–water partition coefficient (Wildman–Crippen LogP) is 2.91. The zero-order chi connectivity index (χ0) is 19.7. The molecule has 148 valence electrons. The summed E-state index contributed by atoms with van der Waals surface area (Å²) >= 11 is 0. The Kier molecular flexibility index (Phi) is 4.83. The summed E-state index contributed by atoms with van der Waals surface area (Å²) in [6.07, 6.45) is 3.25. The van der Waals surface area contributed by atoms with Crippen LogP contribution >= 0.6 is 0 Å². The van der Waals surface area contributed by atoms with Crippen molar-refractivity contribution in [2.75, 3.05) is 36.5 Å². The Labute approximate surface area is 165 Å². The second-order valence-corrected chi connectivity index (χ2v) is 7.91. The molecule has 1 aromatic heterocycles. The minimum atomic E-state index is -0.404. The van der Waals surface area contributed by atoms with Crippen molar-refractivity contribution in [2.45, 2.75) is 32.3 Å². The van der Waals surface area contributed by atoms with Crippen molar-refractivity contribution in [3.8, 4) is 11.6 Å². The molecule has 28 heavy (non-hydrogen) atoms. The number of benzene rings is 1. The summed E-state index contributed by atoms with van der Waals surface area (Å²) in [4.78, 5) is 26.1. The number of amides is 1. The van der Waals surface area contributed by atoms with Crippen LogP contribution in [0, 0.1) is 5.92 Å². The van der Waals surface area contributed by atoms with Gasteiger partial charge >= 0.3 is 0 Å². The number of piperidine rings is 1. The Morgan fingerprint density at radius 1 is 1.21 bits per heavy atom. The van der Waals surface area contributed by atoms with Crippen molar-refractivity contribution in [2.24, 2.45) is 5.92 Å². The van der Waals surface area contributed by atoms with Crippen LogP contribution in [0.2, 0.25) is 0 Å². The van der Waals surface area contributed by atoms with Crippen LogP contribution in [0.5, 0.6) is 11.6 Å². The SMILES string of the molecule is COc1ccnc(N2CCC(C(=O)N3CC(C)(C)Oc4ccccc43)CC2)n1. The van der Waals surface area contributed by atoms with Crippen LogP contribution in [0.1, 0.15) is 26.7 Å². The molecule has 1 amide bonds. The lowest BCUT2D eigenvalue weighted by Crippen LogP contribution is -2.52. The van der Waals surface area contributed by atoms with Gasteiger partial charge in [0.25, 0.3) is 0 Å². The second-order valence-electron chi connectivity index (χ2n) is 7.91. The summed E-state index contributed by atoms with van der Waals surface area (Å²) in [6.45, 7) is 6.10. The molecule has 1 saturated heterocycles. The molecule has 0 radical (unpaired) electrons. The van der Waals surface area contributed by atoms with Gasteiger partial charge in [-0.3, -0.25) is 4.79 Å². The first kappa shape index (κ1) is 18.5. The molecule has 0 unspecified atom stereocenters. The van der Waals surface area contributed by atoms with Crippen LogP contribution in [0.3, 0.4) is 0 Å². The maximum atomic E-state index is 13.3. The van der Waals surface area contributed by atoms with E-state index in [9.17, 15) is 4.79 Å². The van der Waals surface area contributed by atoms with Gasteiger partial charge in [0, 0.05) is 31.3 Å². The number of para-hydroxylation sites is 2. The van der Waals surface area contributed by atoms with Crippen LogP contribution in [-0.4, -0.2) is 48.2 Å². The van der Waals surface area contributed by atoms with E-state index < -0.39 is 5.60 Å². The summed E-state index contributed by atoms with van der Waals surface area (Å²) in [5, 5.41) is 0. The van der Waals surface area contributed by atoms with Gasteiger partial charge in [0.1, 0.15) is 11.4 Å². The Morgan fingerprint density at radius 2 is 1.96 bits per heavy atom. The molecule has 0 N–H and O–H groups in total. The van der Waals surface area contributed by atoms with Crippen molar-refractivity contribution in [1.82, 2.24) is 9.97 Å². The van der Waals surface area contributed by atoms with E-state index in [1.54, 1.807) is 19.4 Å². The van der Waals surface area contributed by atoms with E-state index in [1.165, 1.54) is 0 Å². The molecule has 2 aromatic rings. The van der Waals surface area contributed by atoms with Gasteiger partial charge in [0.05, 0.1) is 19.3 Å². The van der Waals surface area contributed by atoms with Gasteiger partial charge < -0.3 is 19.3 Å². The highest BCUT2D eigenvalue weighted by molar-refractivity contribution is 5.97. The third-order valence-corrected chi connectivity index (χ3v) is 5.30. The Hall–Kier alpha value is -2.83. The van der Waals surface area contributed by atoms with E-state index in [0.29, 0.717) is 18.4 Å². The fourth-order valence-corrected chi connectivity index (χ4v) is 3.90. The Bertz CT molecular complexity index is 862. The molecule has 0 saturated carbocycles. The number of carbonyl (C=O) groups is 1. The van der Waals surface area contributed by atoms with Crippen molar-refractivity contribution in [3.05, 3.63) is 36.5 Å². The number of methoxy groups -OCH3 is 1. The van der Waals surface area contributed by atoms with Crippen LogP contribution in [0.25, 0.3) is 0 Å². The van der Waals surface area contributed by atoms with Gasteiger partial charge in [-0.1, -0.05) is 12.1 Å².